The third-order valence-electron chi connectivity index (χ3n) is 2.33. The fraction of sp³-hybridized carbons (Fsp3) is 0.750. The Hall–Kier alpha value is -1.87. The Bertz CT molecular complexity index is 343. The van der Waals surface area contributed by atoms with E-state index in [0.717, 1.165) is 0 Å². The van der Waals surface area contributed by atoms with Crippen molar-refractivity contribution in [3.8, 4) is 0 Å². The number of carboxylic acid groups (broad SMARTS) is 2. The number of carbonyl (C=O) groups is 2. The quantitative estimate of drug-likeness (QED) is 0.185. The summed E-state index contributed by atoms with van der Waals surface area (Å²) in [7, 11) is 0. The van der Waals surface area contributed by atoms with E-state index < -0.39 is 24.0 Å². The Morgan fingerprint density at radius 1 is 1.05 bits per heavy atom. The van der Waals surface area contributed by atoms with E-state index in [2.05, 4.69) is 4.99 Å². The van der Waals surface area contributed by atoms with Gasteiger partial charge in [-0.05, 0) is 25.2 Å². The van der Waals surface area contributed by atoms with Crippen LogP contribution in [0.25, 0.3) is 0 Å². The molecule has 0 rings (SSSR count). The van der Waals surface area contributed by atoms with Crippen molar-refractivity contribution in [2.75, 3.05) is 6.54 Å². The zero-order chi connectivity index (χ0) is 17.0. The van der Waals surface area contributed by atoms with Crippen molar-refractivity contribution >= 4 is 17.9 Å². The number of hydrogen-bond acceptors (Lipinski definition) is 5. The van der Waals surface area contributed by atoms with Gasteiger partial charge >= 0.3 is 11.9 Å². The van der Waals surface area contributed by atoms with Gasteiger partial charge in [-0.3, -0.25) is 14.6 Å². The summed E-state index contributed by atoms with van der Waals surface area (Å²) in [5.74, 6) is -1.54. The lowest BCUT2D eigenvalue weighted by Crippen LogP contribution is -2.31. The highest BCUT2D eigenvalue weighted by Gasteiger charge is 2.12. The summed E-state index contributed by atoms with van der Waals surface area (Å²) in [6.07, 6.45) is 1.51. The average molecular weight is 305 g/mol. The molecule has 0 aliphatic heterocycles. The van der Waals surface area contributed by atoms with E-state index in [4.69, 9.17) is 33.1 Å². The number of aliphatic imine (C=N–C) groups is 1. The Balaban J connectivity index is 0. The summed E-state index contributed by atoms with van der Waals surface area (Å²) in [5, 5.41) is 16.7. The number of rotatable bonds is 8. The summed E-state index contributed by atoms with van der Waals surface area (Å²) in [6.45, 7) is 4.31. The van der Waals surface area contributed by atoms with Gasteiger partial charge in [-0.1, -0.05) is 13.8 Å². The maximum Gasteiger partial charge on any atom is 0.320 e. The van der Waals surface area contributed by atoms with Crippen LogP contribution in [0, 0.1) is 5.92 Å². The lowest BCUT2D eigenvalue weighted by Gasteiger charge is -2.07. The summed E-state index contributed by atoms with van der Waals surface area (Å²) in [6, 6.07) is -1.51. The van der Waals surface area contributed by atoms with Crippen molar-refractivity contribution in [1.29, 1.82) is 0 Å². The molecule has 0 aliphatic carbocycles. The van der Waals surface area contributed by atoms with E-state index in [1.165, 1.54) is 0 Å². The number of carboxylic acids is 2. The van der Waals surface area contributed by atoms with Gasteiger partial charge in [0.1, 0.15) is 12.1 Å². The molecule has 9 heteroatoms. The van der Waals surface area contributed by atoms with Crippen molar-refractivity contribution in [2.45, 2.75) is 45.2 Å². The van der Waals surface area contributed by atoms with Crippen LogP contribution >= 0.6 is 0 Å². The molecule has 0 aromatic rings. The number of nitrogens with two attached hydrogens (primary N) is 4. The van der Waals surface area contributed by atoms with Crippen LogP contribution < -0.4 is 22.9 Å². The molecule has 0 aromatic carbocycles. The molecule has 0 radical (unpaired) electrons. The smallest absolute Gasteiger partial charge is 0.320 e. The molecule has 0 fully saturated rings. The zero-order valence-electron chi connectivity index (χ0n) is 12.5. The molecule has 0 aliphatic rings. The molecule has 0 aromatic heterocycles. The minimum atomic E-state index is -1.00. The van der Waals surface area contributed by atoms with E-state index in [1.807, 2.05) is 13.8 Å². The summed E-state index contributed by atoms with van der Waals surface area (Å²) in [5.41, 5.74) is 20.5. The number of guanidine groups is 1. The lowest BCUT2D eigenvalue weighted by atomic mass is 10.1. The van der Waals surface area contributed by atoms with Crippen molar-refractivity contribution in [3.63, 3.8) is 0 Å². The lowest BCUT2D eigenvalue weighted by molar-refractivity contribution is -0.139. The van der Waals surface area contributed by atoms with Gasteiger partial charge in [0.25, 0.3) is 0 Å². The molecule has 0 amide bonds. The van der Waals surface area contributed by atoms with Gasteiger partial charge in [0.2, 0.25) is 0 Å². The van der Waals surface area contributed by atoms with E-state index in [0.29, 0.717) is 31.7 Å². The van der Waals surface area contributed by atoms with Gasteiger partial charge in [-0.25, -0.2) is 0 Å². The van der Waals surface area contributed by atoms with Gasteiger partial charge in [-0.2, -0.15) is 0 Å². The molecular formula is C12H27N5O4. The molecule has 21 heavy (non-hydrogen) atoms. The van der Waals surface area contributed by atoms with Gasteiger partial charge in [0, 0.05) is 6.54 Å². The first-order chi connectivity index (χ1) is 9.57. The molecule has 0 saturated carbocycles. The first-order valence-corrected chi connectivity index (χ1v) is 6.60. The van der Waals surface area contributed by atoms with Crippen molar-refractivity contribution in [1.82, 2.24) is 0 Å². The molecular weight excluding hydrogens is 278 g/mol. The Labute approximate surface area is 124 Å². The zero-order valence-corrected chi connectivity index (χ0v) is 12.5. The van der Waals surface area contributed by atoms with Crippen molar-refractivity contribution in [2.24, 2.45) is 33.8 Å². The molecule has 10 N–H and O–H groups in total. The van der Waals surface area contributed by atoms with Crippen LogP contribution in [0.4, 0.5) is 0 Å². The van der Waals surface area contributed by atoms with Crippen LogP contribution in [0.5, 0.6) is 0 Å². The van der Waals surface area contributed by atoms with Gasteiger partial charge < -0.3 is 33.1 Å². The largest absolute Gasteiger partial charge is 0.480 e. The van der Waals surface area contributed by atoms with Crippen molar-refractivity contribution in [3.05, 3.63) is 0 Å². The molecule has 9 nitrogen and oxygen atoms in total. The second-order valence-electron chi connectivity index (χ2n) is 4.97. The SMILES string of the molecule is CC(C)C[C@@H](N)C(=O)O.NC(N)=NCCC[C@@H](N)C(=O)O. The number of aliphatic carboxylic acids is 2. The Kier molecular flexibility index (Phi) is 12.2. The van der Waals surface area contributed by atoms with E-state index in [9.17, 15) is 9.59 Å². The predicted octanol–water partition coefficient (Wildman–Crippen LogP) is -1.10. The minimum absolute atomic E-state index is 0.0129. The summed E-state index contributed by atoms with van der Waals surface area (Å²) >= 11 is 0. The predicted molar refractivity (Wildman–Crippen MR) is 80.6 cm³/mol. The maximum atomic E-state index is 10.2. The van der Waals surface area contributed by atoms with Crippen molar-refractivity contribution < 1.29 is 19.8 Å². The molecule has 0 bridgehead atoms. The van der Waals surface area contributed by atoms with E-state index in [1.54, 1.807) is 0 Å². The van der Waals surface area contributed by atoms with Crippen LogP contribution in [-0.2, 0) is 9.59 Å². The Morgan fingerprint density at radius 2 is 1.52 bits per heavy atom. The second kappa shape index (κ2) is 11.9. The van der Waals surface area contributed by atoms with Gasteiger partial charge in [0.15, 0.2) is 5.96 Å². The topological polar surface area (TPSA) is 191 Å². The Morgan fingerprint density at radius 3 is 1.81 bits per heavy atom. The third kappa shape index (κ3) is 16.1. The maximum absolute atomic E-state index is 10.2. The fourth-order valence-corrected chi connectivity index (χ4v) is 1.25. The second-order valence-corrected chi connectivity index (χ2v) is 4.97. The minimum Gasteiger partial charge on any atom is -0.480 e. The highest BCUT2D eigenvalue weighted by Crippen LogP contribution is 2.01. The van der Waals surface area contributed by atoms with E-state index in [-0.39, 0.29) is 5.96 Å². The molecule has 0 spiro atoms. The normalized spacial score (nSPS) is 12.8. The van der Waals surface area contributed by atoms with Crippen LogP contribution in [0.3, 0.4) is 0 Å². The fourth-order valence-electron chi connectivity index (χ4n) is 1.25. The van der Waals surface area contributed by atoms with Crippen LogP contribution in [-0.4, -0.2) is 46.7 Å². The molecule has 0 saturated heterocycles. The van der Waals surface area contributed by atoms with E-state index >= 15 is 0 Å². The van der Waals surface area contributed by atoms with Crippen LogP contribution in [0.1, 0.15) is 33.1 Å². The standard InChI is InChI=1S/C6H14N4O2.C6H13NO2/c7-4(5(11)12)2-1-3-10-6(8)9;1-4(2)3-5(7)6(8)9/h4H,1-3,7H2,(H,11,12)(H4,8,9,10);4-5H,3,7H2,1-2H3,(H,8,9)/t4-;5-/m11/s1. The third-order valence-corrected chi connectivity index (χ3v) is 2.33. The molecule has 0 unspecified atom stereocenters. The summed E-state index contributed by atoms with van der Waals surface area (Å²) in [4.78, 5) is 24.0. The monoisotopic (exact) mass is 305 g/mol. The number of nitrogens with zero attached hydrogens (tertiary/aromatic N) is 1. The molecule has 2 atom stereocenters. The number of hydrogen-bond donors (Lipinski definition) is 6. The highest BCUT2D eigenvalue weighted by atomic mass is 16.4. The molecule has 124 valence electrons. The first kappa shape index (κ1) is 21.4. The van der Waals surface area contributed by atoms with Gasteiger partial charge in [0.05, 0.1) is 0 Å². The van der Waals surface area contributed by atoms with Gasteiger partial charge in [-0.15, -0.1) is 0 Å². The molecule has 0 heterocycles. The van der Waals surface area contributed by atoms with Crippen LogP contribution in [0.2, 0.25) is 0 Å². The first-order valence-electron chi connectivity index (χ1n) is 6.60. The highest BCUT2D eigenvalue weighted by molar-refractivity contribution is 5.75. The summed E-state index contributed by atoms with van der Waals surface area (Å²) < 4.78 is 0. The van der Waals surface area contributed by atoms with Crippen LogP contribution in [0.15, 0.2) is 4.99 Å². The average Bonchev–Trinajstić information content (AvgIpc) is 2.33.